The maximum atomic E-state index is 10.7. The van der Waals surface area contributed by atoms with E-state index >= 15 is 0 Å². The summed E-state index contributed by atoms with van der Waals surface area (Å²) in [6.45, 7) is 3.00. The molecule has 1 saturated heterocycles. The molecule has 1 aliphatic rings. The molecule has 2 atom stereocenters. The Morgan fingerprint density at radius 3 is 2.44 bits per heavy atom. The van der Waals surface area contributed by atoms with Crippen LogP contribution in [0.3, 0.4) is 0 Å². The van der Waals surface area contributed by atoms with Crippen molar-refractivity contribution >= 4 is 0 Å². The van der Waals surface area contributed by atoms with E-state index in [4.69, 9.17) is 4.74 Å². The number of benzene rings is 1. The highest BCUT2D eigenvalue weighted by molar-refractivity contribution is 5.32. The number of likely N-dealkylation sites (tertiary alicyclic amines) is 1. The third-order valence-electron chi connectivity index (χ3n) is 3.79. The van der Waals surface area contributed by atoms with Gasteiger partial charge in [0.25, 0.3) is 0 Å². The van der Waals surface area contributed by atoms with Gasteiger partial charge < -0.3 is 14.7 Å². The lowest BCUT2D eigenvalue weighted by Crippen LogP contribution is -2.38. The first-order valence-corrected chi connectivity index (χ1v) is 5.65. The SMILES string of the molecule is COc1ccc(C2(O)CCN(C)C2C)cc1. The zero-order valence-electron chi connectivity index (χ0n) is 10.1. The van der Waals surface area contributed by atoms with E-state index in [9.17, 15) is 5.11 Å². The maximum Gasteiger partial charge on any atom is 0.118 e. The molecule has 3 nitrogen and oxygen atoms in total. The average Bonchev–Trinajstić information content (AvgIpc) is 2.59. The molecule has 1 heterocycles. The van der Waals surface area contributed by atoms with Crippen molar-refractivity contribution in [3.63, 3.8) is 0 Å². The summed E-state index contributed by atoms with van der Waals surface area (Å²) < 4.78 is 5.12. The molecule has 3 heteroatoms. The van der Waals surface area contributed by atoms with Gasteiger partial charge in [-0.3, -0.25) is 0 Å². The monoisotopic (exact) mass is 221 g/mol. The number of likely N-dealkylation sites (N-methyl/N-ethyl adjacent to an activating group) is 1. The van der Waals surface area contributed by atoms with Gasteiger partial charge in [-0.25, -0.2) is 0 Å². The molecule has 0 radical (unpaired) electrons. The first-order chi connectivity index (χ1) is 7.58. The van der Waals surface area contributed by atoms with Gasteiger partial charge in [-0.1, -0.05) is 12.1 Å². The van der Waals surface area contributed by atoms with E-state index < -0.39 is 5.60 Å². The normalized spacial score (nSPS) is 30.6. The van der Waals surface area contributed by atoms with Gasteiger partial charge in [0, 0.05) is 12.6 Å². The fourth-order valence-electron chi connectivity index (χ4n) is 2.38. The van der Waals surface area contributed by atoms with Crippen molar-refractivity contribution in [1.82, 2.24) is 4.90 Å². The van der Waals surface area contributed by atoms with Crippen LogP contribution in [0.1, 0.15) is 18.9 Å². The Kier molecular flexibility index (Phi) is 2.91. The first kappa shape index (κ1) is 11.4. The summed E-state index contributed by atoms with van der Waals surface area (Å²) in [5, 5.41) is 10.7. The smallest absolute Gasteiger partial charge is 0.118 e. The second-order valence-electron chi connectivity index (χ2n) is 4.56. The van der Waals surface area contributed by atoms with Crippen molar-refractivity contribution in [3.05, 3.63) is 29.8 Å². The Hall–Kier alpha value is -1.06. The molecule has 0 aromatic heterocycles. The summed E-state index contributed by atoms with van der Waals surface area (Å²) in [6, 6.07) is 7.86. The van der Waals surface area contributed by atoms with E-state index in [-0.39, 0.29) is 6.04 Å². The quantitative estimate of drug-likeness (QED) is 0.823. The number of hydrogen-bond donors (Lipinski definition) is 1. The van der Waals surface area contributed by atoms with E-state index in [0.29, 0.717) is 0 Å². The predicted octanol–water partition coefficient (Wildman–Crippen LogP) is 1.61. The van der Waals surface area contributed by atoms with Crippen LogP contribution in [0.5, 0.6) is 5.75 Å². The molecule has 0 spiro atoms. The molecule has 0 bridgehead atoms. The van der Waals surface area contributed by atoms with E-state index in [1.165, 1.54) is 0 Å². The van der Waals surface area contributed by atoms with Crippen LogP contribution < -0.4 is 4.74 Å². The summed E-state index contributed by atoms with van der Waals surface area (Å²) in [5.74, 6) is 0.825. The first-order valence-electron chi connectivity index (χ1n) is 5.65. The molecule has 2 rings (SSSR count). The van der Waals surface area contributed by atoms with Crippen LogP contribution in [0, 0.1) is 0 Å². The highest BCUT2D eigenvalue weighted by Crippen LogP contribution is 2.37. The van der Waals surface area contributed by atoms with Crippen molar-refractivity contribution in [2.45, 2.75) is 25.0 Å². The largest absolute Gasteiger partial charge is 0.497 e. The fraction of sp³-hybridized carbons (Fsp3) is 0.538. The summed E-state index contributed by atoms with van der Waals surface area (Å²) in [7, 11) is 3.70. The Morgan fingerprint density at radius 1 is 1.38 bits per heavy atom. The van der Waals surface area contributed by atoms with Crippen LogP contribution >= 0.6 is 0 Å². The van der Waals surface area contributed by atoms with Crippen molar-refractivity contribution in [3.8, 4) is 5.75 Å². The lowest BCUT2D eigenvalue weighted by atomic mass is 9.87. The van der Waals surface area contributed by atoms with Gasteiger partial charge in [0.1, 0.15) is 11.4 Å². The molecule has 1 aromatic rings. The summed E-state index contributed by atoms with van der Waals surface area (Å²) in [4.78, 5) is 2.18. The van der Waals surface area contributed by atoms with Crippen LogP contribution in [0.2, 0.25) is 0 Å². The third kappa shape index (κ3) is 1.70. The molecule has 0 aliphatic carbocycles. The zero-order valence-corrected chi connectivity index (χ0v) is 10.1. The number of methoxy groups -OCH3 is 1. The molecule has 1 N–H and O–H groups in total. The Morgan fingerprint density at radius 2 is 2.00 bits per heavy atom. The number of aliphatic hydroxyl groups is 1. The number of nitrogens with zero attached hydrogens (tertiary/aromatic N) is 1. The van der Waals surface area contributed by atoms with E-state index in [2.05, 4.69) is 11.8 Å². The van der Waals surface area contributed by atoms with Crippen molar-refractivity contribution in [1.29, 1.82) is 0 Å². The van der Waals surface area contributed by atoms with Gasteiger partial charge in [0.05, 0.1) is 7.11 Å². The molecular formula is C13H19NO2. The standard InChI is InChI=1S/C13H19NO2/c1-10-13(15,8-9-14(10)2)11-4-6-12(16-3)7-5-11/h4-7,10,15H,8-9H2,1-3H3. The highest BCUT2D eigenvalue weighted by atomic mass is 16.5. The summed E-state index contributed by atoms with van der Waals surface area (Å²) in [6.07, 6.45) is 0.789. The molecule has 88 valence electrons. The number of rotatable bonds is 2. The molecule has 0 saturated carbocycles. The van der Waals surface area contributed by atoms with E-state index in [0.717, 1.165) is 24.3 Å². The van der Waals surface area contributed by atoms with Gasteiger partial charge in [-0.15, -0.1) is 0 Å². The summed E-state index contributed by atoms with van der Waals surface area (Å²) in [5.41, 5.74) is 0.256. The fourth-order valence-corrected chi connectivity index (χ4v) is 2.38. The Bertz CT molecular complexity index is 363. The van der Waals surface area contributed by atoms with Gasteiger partial charge in [-0.05, 0) is 38.1 Å². The van der Waals surface area contributed by atoms with Gasteiger partial charge in [-0.2, -0.15) is 0 Å². The predicted molar refractivity (Wildman–Crippen MR) is 63.6 cm³/mol. The number of ether oxygens (including phenoxy) is 1. The second-order valence-corrected chi connectivity index (χ2v) is 4.56. The van der Waals surface area contributed by atoms with Crippen LogP contribution in [0.15, 0.2) is 24.3 Å². The van der Waals surface area contributed by atoms with Crippen LogP contribution in [0.25, 0.3) is 0 Å². The number of hydrogen-bond acceptors (Lipinski definition) is 3. The molecule has 2 unspecified atom stereocenters. The van der Waals surface area contributed by atoms with E-state index in [1.54, 1.807) is 7.11 Å². The minimum Gasteiger partial charge on any atom is -0.497 e. The topological polar surface area (TPSA) is 32.7 Å². The van der Waals surface area contributed by atoms with Gasteiger partial charge >= 0.3 is 0 Å². The van der Waals surface area contributed by atoms with Crippen molar-refractivity contribution < 1.29 is 9.84 Å². The summed E-state index contributed by atoms with van der Waals surface area (Å²) >= 11 is 0. The Labute approximate surface area is 96.6 Å². The third-order valence-corrected chi connectivity index (χ3v) is 3.79. The van der Waals surface area contributed by atoms with Gasteiger partial charge in [0.2, 0.25) is 0 Å². The molecule has 16 heavy (non-hydrogen) atoms. The molecular weight excluding hydrogens is 202 g/mol. The highest BCUT2D eigenvalue weighted by Gasteiger charge is 2.42. The molecule has 0 amide bonds. The molecule has 1 aromatic carbocycles. The second kappa shape index (κ2) is 4.07. The van der Waals surface area contributed by atoms with E-state index in [1.807, 2.05) is 31.3 Å². The van der Waals surface area contributed by atoms with Crippen molar-refractivity contribution in [2.75, 3.05) is 20.7 Å². The van der Waals surface area contributed by atoms with Gasteiger partial charge in [0.15, 0.2) is 0 Å². The van der Waals surface area contributed by atoms with Crippen LogP contribution in [0.4, 0.5) is 0 Å². The molecule has 1 aliphatic heterocycles. The lowest BCUT2D eigenvalue weighted by Gasteiger charge is -2.30. The van der Waals surface area contributed by atoms with Crippen LogP contribution in [-0.2, 0) is 5.60 Å². The van der Waals surface area contributed by atoms with Crippen LogP contribution in [-0.4, -0.2) is 36.8 Å². The maximum absolute atomic E-state index is 10.7. The lowest BCUT2D eigenvalue weighted by molar-refractivity contribution is 0.0108. The Balaban J connectivity index is 2.29. The average molecular weight is 221 g/mol. The minimum absolute atomic E-state index is 0.154. The minimum atomic E-state index is -0.721. The van der Waals surface area contributed by atoms with Crippen molar-refractivity contribution in [2.24, 2.45) is 0 Å². The molecule has 1 fully saturated rings. The zero-order chi connectivity index (χ0) is 11.8.